The number of hydrogen-bond acceptors (Lipinski definition) is 5. The molecule has 1 atom stereocenters. The number of carbonyl (C=O) groups is 1. The van der Waals surface area contributed by atoms with Crippen LogP contribution >= 0.6 is 11.8 Å². The molecule has 31 heavy (non-hydrogen) atoms. The van der Waals surface area contributed by atoms with E-state index in [1.54, 1.807) is 13.2 Å². The zero-order valence-electron chi connectivity index (χ0n) is 17.6. The van der Waals surface area contributed by atoms with Gasteiger partial charge < -0.3 is 10.1 Å². The van der Waals surface area contributed by atoms with Gasteiger partial charge in [-0.15, -0.1) is 16.8 Å². The third kappa shape index (κ3) is 4.66. The summed E-state index contributed by atoms with van der Waals surface area (Å²) in [5.74, 6) is 1.70. The van der Waals surface area contributed by atoms with Crippen LogP contribution in [0.1, 0.15) is 30.0 Å². The standard InChI is InChI=1S/C24H26N4O2S/c1-3-15-28-23(19-12-6-7-14-21(19)30-2)26-27-24(28)31-16-22(29)25-20-13-8-10-17-9-4-5-11-18(17)20/h3-7,9,11-12,14,20H,1,8,10,13,15-16H2,2H3,(H,25,29)/t20-/m1/s1. The molecule has 2 aromatic carbocycles. The maximum absolute atomic E-state index is 12.7. The zero-order valence-corrected chi connectivity index (χ0v) is 18.4. The molecular weight excluding hydrogens is 408 g/mol. The first kappa shape index (κ1) is 21.2. The fourth-order valence-corrected chi connectivity index (χ4v) is 4.75. The molecule has 0 fully saturated rings. The molecule has 0 saturated heterocycles. The lowest BCUT2D eigenvalue weighted by Crippen LogP contribution is -2.32. The Hall–Kier alpha value is -3.06. The molecule has 3 aromatic rings. The van der Waals surface area contributed by atoms with Gasteiger partial charge in [0.25, 0.3) is 0 Å². The monoisotopic (exact) mass is 434 g/mol. The number of para-hydroxylation sites is 1. The van der Waals surface area contributed by atoms with Crippen molar-refractivity contribution >= 4 is 17.7 Å². The van der Waals surface area contributed by atoms with Crippen LogP contribution in [-0.2, 0) is 17.8 Å². The smallest absolute Gasteiger partial charge is 0.230 e. The van der Waals surface area contributed by atoms with Crippen LogP contribution < -0.4 is 10.1 Å². The normalized spacial score (nSPS) is 15.2. The molecule has 0 radical (unpaired) electrons. The number of nitrogens with one attached hydrogen (secondary N) is 1. The topological polar surface area (TPSA) is 69.0 Å². The summed E-state index contributed by atoms with van der Waals surface area (Å²) in [4.78, 5) is 12.7. The van der Waals surface area contributed by atoms with Crippen LogP contribution in [0.2, 0.25) is 0 Å². The Kier molecular flexibility index (Phi) is 6.72. The van der Waals surface area contributed by atoms with Gasteiger partial charge in [0, 0.05) is 6.54 Å². The second kappa shape index (κ2) is 9.83. The van der Waals surface area contributed by atoms with E-state index in [4.69, 9.17) is 4.74 Å². The van der Waals surface area contributed by atoms with E-state index < -0.39 is 0 Å². The molecule has 1 aromatic heterocycles. The number of nitrogens with zero attached hydrogens (tertiary/aromatic N) is 3. The highest BCUT2D eigenvalue weighted by atomic mass is 32.2. The average Bonchev–Trinajstić information content (AvgIpc) is 3.20. The maximum atomic E-state index is 12.7. The summed E-state index contributed by atoms with van der Waals surface area (Å²) in [6.45, 7) is 4.39. The number of benzene rings is 2. The summed E-state index contributed by atoms with van der Waals surface area (Å²) in [6, 6.07) is 16.1. The summed E-state index contributed by atoms with van der Waals surface area (Å²) in [6.07, 6.45) is 4.93. The Labute approximate surface area is 186 Å². The molecule has 1 N–H and O–H groups in total. The molecule has 4 rings (SSSR count). The summed E-state index contributed by atoms with van der Waals surface area (Å²) in [7, 11) is 1.64. The molecule has 1 heterocycles. The largest absolute Gasteiger partial charge is 0.496 e. The van der Waals surface area contributed by atoms with Gasteiger partial charge >= 0.3 is 0 Å². The van der Waals surface area contributed by atoms with Gasteiger partial charge in [0.2, 0.25) is 5.91 Å². The van der Waals surface area contributed by atoms with Crippen molar-refractivity contribution in [2.45, 2.75) is 37.0 Å². The van der Waals surface area contributed by atoms with Gasteiger partial charge in [-0.1, -0.05) is 54.2 Å². The highest BCUT2D eigenvalue weighted by Gasteiger charge is 2.22. The van der Waals surface area contributed by atoms with Crippen molar-refractivity contribution in [1.82, 2.24) is 20.1 Å². The van der Waals surface area contributed by atoms with E-state index in [0.29, 0.717) is 17.5 Å². The third-order valence-electron chi connectivity index (χ3n) is 5.41. The second-order valence-electron chi connectivity index (χ2n) is 7.41. The average molecular weight is 435 g/mol. The third-order valence-corrected chi connectivity index (χ3v) is 6.38. The van der Waals surface area contributed by atoms with Crippen LogP contribution in [0.4, 0.5) is 0 Å². The fourth-order valence-electron chi connectivity index (χ4n) is 3.99. The van der Waals surface area contributed by atoms with Crippen LogP contribution in [0.3, 0.4) is 0 Å². The summed E-state index contributed by atoms with van der Waals surface area (Å²) in [5, 5.41) is 12.6. The van der Waals surface area contributed by atoms with Crippen molar-refractivity contribution in [3.63, 3.8) is 0 Å². The number of aromatic nitrogens is 3. The van der Waals surface area contributed by atoms with Gasteiger partial charge in [-0.05, 0) is 42.5 Å². The van der Waals surface area contributed by atoms with Crippen molar-refractivity contribution in [3.05, 3.63) is 72.3 Å². The number of methoxy groups -OCH3 is 1. The number of allylic oxidation sites excluding steroid dienone is 1. The molecule has 6 nitrogen and oxygen atoms in total. The highest BCUT2D eigenvalue weighted by molar-refractivity contribution is 7.99. The summed E-state index contributed by atoms with van der Waals surface area (Å²) >= 11 is 1.38. The van der Waals surface area contributed by atoms with Gasteiger partial charge in [-0.2, -0.15) is 0 Å². The molecule has 1 aliphatic carbocycles. The molecule has 1 aliphatic rings. The number of amides is 1. The Morgan fingerprint density at radius 1 is 1.26 bits per heavy atom. The van der Waals surface area contributed by atoms with Crippen LogP contribution in [0.15, 0.2) is 66.3 Å². The van der Waals surface area contributed by atoms with Crippen molar-refractivity contribution < 1.29 is 9.53 Å². The number of ether oxygens (including phenoxy) is 1. The predicted octanol–water partition coefficient (Wildman–Crippen LogP) is 4.43. The Balaban J connectivity index is 1.47. The van der Waals surface area contributed by atoms with Gasteiger partial charge in [0.1, 0.15) is 5.75 Å². The van der Waals surface area contributed by atoms with Crippen LogP contribution in [0.25, 0.3) is 11.4 Å². The fraction of sp³-hybridized carbons (Fsp3) is 0.292. The number of carbonyl (C=O) groups excluding carboxylic acids is 1. The van der Waals surface area contributed by atoms with Crippen molar-refractivity contribution in [3.8, 4) is 17.1 Å². The van der Waals surface area contributed by atoms with Crippen LogP contribution in [0, 0.1) is 0 Å². The number of thioether (sulfide) groups is 1. The van der Waals surface area contributed by atoms with Gasteiger partial charge in [-0.25, -0.2) is 0 Å². The second-order valence-corrected chi connectivity index (χ2v) is 8.35. The maximum Gasteiger partial charge on any atom is 0.230 e. The molecule has 0 bridgehead atoms. The number of fused-ring (bicyclic) bond motifs is 1. The summed E-state index contributed by atoms with van der Waals surface area (Å²) < 4.78 is 7.43. The number of hydrogen-bond donors (Lipinski definition) is 1. The van der Waals surface area contributed by atoms with Crippen LogP contribution in [-0.4, -0.2) is 33.5 Å². The van der Waals surface area contributed by atoms with E-state index in [0.717, 1.165) is 30.6 Å². The van der Waals surface area contributed by atoms with Gasteiger partial charge in [-0.3, -0.25) is 9.36 Å². The number of rotatable bonds is 8. The molecule has 0 aliphatic heterocycles. The SMILES string of the molecule is C=CCn1c(SCC(=O)N[C@@H]2CCCc3ccccc32)nnc1-c1ccccc1OC. The summed E-state index contributed by atoms with van der Waals surface area (Å²) in [5.41, 5.74) is 3.42. The van der Waals surface area contributed by atoms with E-state index >= 15 is 0 Å². The predicted molar refractivity (Wildman–Crippen MR) is 123 cm³/mol. The van der Waals surface area contributed by atoms with E-state index in [2.05, 4.69) is 40.3 Å². The number of aryl methyl sites for hydroxylation is 1. The Morgan fingerprint density at radius 3 is 2.90 bits per heavy atom. The van der Waals surface area contributed by atoms with E-state index in [-0.39, 0.29) is 17.7 Å². The molecule has 160 valence electrons. The molecule has 0 unspecified atom stereocenters. The Bertz CT molecular complexity index is 1080. The van der Waals surface area contributed by atoms with E-state index in [1.807, 2.05) is 34.9 Å². The van der Waals surface area contributed by atoms with Crippen molar-refractivity contribution in [2.24, 2.45) is 0 Å². The van der Waals surface area contributed by atoms with E-state index in [9.17, 15) is 4.79 Å². The first-order chi connectivity index (χ1) is 15.2. The molecule has 0 saturated carbocycles. The quantitative estimate of drug-likeness (QED) is 0.420. The molecule has 7 heteroatoms. The minimum atomic E-state index is -0.00121. The molecular formula is C24H26N4O2S. The van der Waals surface area contributed by atoms with Crippen LogP contribution in [0.5, 0.6) is 5.75 Å². The lowest BCUT2D eigenvalue weighted by atomic mass is 9.88. The molecule has 1 amide bonds. The first-order valence-corrected chi connectivity index (χ1v) is 11.4. The minimum Gasteiger partial charge on any atom is -0.496 e. The minimum absolute atomic E-state index is 0.00121. The lowest BCUT2D eigenvalue weighted by molar-refractivity contribution is -0.119. The lowest BCUT2D eigenvalue weighted by Gasteiger charge is -2.26. The molecule has 0 spiro atoms. The highest BCUT2D eigenvalue weighted by Crippen LogP contribution is 2.32. The Morgan fingerprint density at radius 2 is 2.06 bits per heavy atom. The first-order valence-electron chi connectivity index (χ1n) is 10.4. The van der Waals surface area contributed by atoms with Crippen molar-refractivity contribution in [2.75, 3.05) is 12.9 Å². The zero-order chi connectivity index (χ0) is 21.6. The van der Waals surface area contributed by atoms with Gasteiger partial charge in [0.15, 0.2) is 11.0 Å². The van der Waals surface area contributed by atoms with E-state index in [1.165, 1.54) is 22.9 Å². The van der Waals surface area contributed by atoms with Gasteiger partial charge in [0.05, 0.1) is 24.5 Å². The van der Waals surface area contributed by atoms with Crippen molar-refractivity contribution in [1.29, 1.82) is 0 Å².